The van der Waals surface area contributed by atoms with Gasteiger partial charge in [-0.15, -0.1) is 0 Å². The van der Waals surface area contributed by atoms with Crippen molar-refractivity contribution in [1.82, 2.24) is 14.8 Å². The highest BCUT2D eigenvalue weighted by Gasteiger charge is 2.35. The molecule has 0 aliphatic heterocycles. The van der Waals surface area contributed by atoms with Crippen LogP contribution in [0.3, 0.4) is 0 Å². The summed E-state index contributed by atoms with van der Waals surface area (Å²) in [5.74, 6) is -0.0365. The zero-order chi connectivity index (χ0) is 19.5. The van der Waals surface area contributed by atoms with Gasteiger partial charge in [-0.25, -0.2) is 4.68 Å². The van der Waals surface area contributed by atoms with Gasteiger partial charge in [-0.1, -0.05) is 0 Å². The van der Waals surface area contributed by atoms with Crippen molar-refractivity contribution in [3.63, 3.8) is 0 Å². The molecule has 0 aliphatic carbocycles. The van der Waals surface area contributed by atoms with E-state index in [-0.39, 0.29) is 36.2 Å². The van der Waals surface area contributed by atoms with Crippen LogP contribution in [0.1, 0.15) is 24.6 Å². The highest BCUT2D eigenvalue weighted by atomic mass is 19.4. The molecule has 0 unspecified atom stereocenters. The largest absolute Gasteiger partial charge is 0.477 e. The topological polar surface area (TPSA) is 49.2 Å². The fourth-order valence-corrected chi connectivity index (χ4v) is 1.93. The molecule has 2 aromatic rings. The molecule has 0 N–H and O–H groups in total. The lowest BCUT2D eigenvalue weighted by Gasteiger charge is -2.09. The Morgan fingerprint density at radius 3 is 2.38 bits per heavy atom. The average molecular weight is 377 g/mol. The van der Waals surface area contributed by atoms with Gasteiger partial charge in [0.25, 0.3) is 6.08 Å². The molecule has 0 spiro atoms. The van der Waals surface area contributed by atoms with E-state index in [1.165, 1.54) is 20.0 Å². The Kier molecular flexibility index (Phi) is 5.83. The van der Waals surface area contributed by atoms with Crippen LogP contribution in [0.15, 0.2) is 29.9 Å². The maximum atomic E-state index is 12.7. The van der Waals surface area contributed by atoms with Crippen LogP contribution in [-0.4, -0.2) is 21.4 Å². The van der Waals surface area contributed by atoms with E-state index >= 15 is 0 Å². The summed E-state index contributed by atoms with van der Waals surface area (Å²) in [4.78, 5) is 4.01. The highest BCUT2D eigenvalue weighted by Crippen LogP contribution is 2.32. The first kappa shape index (κ1) is 19.7. The summed E-state index contributed by atoms with van der Waals surface area (Å²) < 4.78 is 74.4. The van der Waals surface area contributed by atoms with Gasteiger partial charge in [-0.3, -0.25) is 0 Å². The van der Waals surface area contributed by atoms with E-state index < -0.39 is 18.0 Å². The van der Waals surface area contributed by atoms with Crippen molar-refractivity contribution < 1.29 is 31.4 Å². The smallest absolute Gasteiger partial charge is 0.435 e. The molecule has 0 atom stereocenters. The molecule has 0 bridgehead atoms. The zero-order valence-corrected chi connectivity index (χ0v) is 14.2. The van der Waals surface area contributed by atoms with E-state index in [2.05, 4.69) is 10.1 Å². The molecule has 2 aromatic heterocycles. The van der Waals surface area contributed by atoms with Crippen LogP contribution in [0, 0.1) is 6.92 Å². The molecule has 0 aliphatic rings. The molecule has 142 valence electrons. The van der Waals surface area contributed by atoms with E-state index in [0.29, 0.717) is 5.56 Å². The van der Waals surface area contributed by atoms with Crippen LogP contribution in [0.2, 0.25) is 0 Å². The van der Waals surface area contributed by atoms with E-state index in [0.717, 1.165) is 10.7 Å². The number of pyridine rings is 1. The number of halogens is 5. The number of nitrogens with zero attached hydrogens (tertiary/aromatic N) is 3. The second-order valence-electron chi connectivity index (χ2n) is 5.55. The van der Waals surface area contributed by atoms with Gasteiger partial charge in [0.1, 0.15) is 0 Å². The van der Waals surface area contributed by atoms with E-state index in [4.69, 9.17) is 9.47 Å². The number of alkyl halides is 3. The molecular weight excluding hydrogens is 361 g/mol. The van der Waals surface area contributed by atoms with Gasteiger partial charge in [0, 0.05) is 31.7 Å². The molecule has 0 saturated carbocycles. The summed E-state index contributed by atoms with van der Waals surface area (Å²) in [7, 11) is 1.30. The molecule has 0 aromatic carbocycles. The first-order valence-electron chi connectivity index (χ1n) is 7.47. The monoisotopic (exact) mass is 377 g/mol. The molecule has 0 saturated heterocycles. The summed E-state index contributed by atoms with van der Waals surface area (Å²) in [5.41, 5.74) is -0.509. The number of aromatic nitrogens is 3. The van der Waals surface area contributed by atoms with Crippen LogP contribution >= 0.6 is 0 Å². The molecular formula is C16H16F5N3O2. The molecule has 5 nitrogen and oxygen atoms in total. The van der Waals surface area contributed by atoms with E-state index in [1.807, 2.05) is 0 Å². The quantitative estimate of drug-likeness (QED) is 0.674. The normalized spacial score (nSPS) is 11.4. The first-order chi connectivity index (χ1) is 12.1. The molecule has 0 fully saturated rings. The van der Waals surface area contributed by atoms with Gasteiger partial charge >= 0.3 is 6.18 Å². The van der Waals surface area contributed by atoms with Gasteiger partial charge in [0.05, 0.1) is 6.61 Å². The average Bonchev–Trinajstić information content (AvgIpc) is 2.87. The maximum absolute atomic E-state index is 12.7. The fraction of sp³-hybridized carbons (Fsp3) is 0.375. The van der Waals surface area contributed by atoms with Crippen LogP contribution in [0.25, 0.3) is 0 Å². The predicted molar refractivity (Wildman–Crippen MR) is 82.3 cm³/mol. The third-order valence-electron chi connectivity index (χ3n) is 3.31. The second kappa shape index (κ2) is 7.71. The molecule has 10 heteroatoms. The minimum absolute atomic E-state index is 0.000612. The highest BCUT2D eigenvalue weighted by molar-refractivity contribution is 5.30. The number of rotatable bonds is 6. The molecule has 0 radical (unpaired) electrons. The Balaban J connectivity index is 2.12. The number of ether oxygens (including phenoxy) is 2. The van der Waals surface area contributed by atoms with Gasteiger partial charge < -0.3 is 9.47 Å². The number of hydrogen-bond acceptors (Lipinski definition) is 4. The van der Waals surface area contributed by atoms with Crippen molar-refractivity contribution in [2.75, 3.05) is 6.61 Å². The van der Waals surface area contributed by atoms with Crippen molar-refractivity contribution in [2.24, 2.45) is 7.05 Å². The third-order valence-corrected chi connectivity index (χ3v) is 3.31. The predicted octanol–water partition coefficient (Wildman–Crippen LogP) is 4.87. The Bertz CT molecular complexity index is 811. The maximum Gasteiger partial charge on any atom is 0.435 e. The summed E-state index contributed by atoms with van der Waals surface area (Å²) >= 11 is 0. The minimum atomic E-state index is -4.59. The van der Waals surface area contributed by atoms with Crippen LogP contribution in [0.4, 0.5) is 22.0 Å². The van der Waals surface area contributed by atoms with Crippen molar-refractivity contribution in [1.29, 1.82) is 0 Å². The number of hydrogen-bond donors (Lipinski definition) is 0. The lowest BCUT2D eigenvalue weighted by Crippen LogP contribution is -2.06. The van der Waals surface area contributed by atoms with E-state index in [1.54, 1.807) is 13.0 Å². The molecule has 26 heavy (non-hydrogen) atoms. The third kappa shape index (κ3) is 5.17. The van der Waals surface area contributed by atoms with Gasteiger partial charge in [-0.2, -0.15) is 32.0 Å². The Morgan fingerprint density at radius 1 is 1.15 bits per heavy atom. The Morgan fingerprint density at radius 2 is 1.81 bits per heavy atom. The SMILES string of the molecule is CC(CCOc1cc(C)cc(Oc2cc(C(F)(F)F)nn2C)n1)=C(F)F. The minimum Gasteiger partial charge on any atom is -0.477 e. The molecule has 2 heterocycles. The second-order valence-corrected chi connectivity index (χ2v) is 5.55. The van der Waals surface area contributed by atoms with E-state index in [9.17, 15) is 22.0 Å². The van der Waals surface area contributed by atoms with Gasteiger partial charge in [0.15, 0.2) is 5.69 Å². The number of aryl methyl sites for hydroxylation is 2. The van der Waals surface area contributed by atoms with Crippen LogP contribution in [-0.2, 0) is 13.2 Å². The molecule has 2 rings (SSSR count). The molecule has 0 amide bonds. The fourth-order valence-electron chi connectivity index (χ4n) is 1.93. The van der Waals surface area contributed by atoms with Gasteiger partial charge in [0.2, 0.25) is 17.6 Å². The van der Waals surface area contributed by atoms with Crippen molar-refractivity contribution in [3.05, 3.63) is 41.1 Å². The van der Waals surface area contributed by atoms with Crippen LogP contribution < -0.4 is 9.47 Å². The Hall–Kier alpha value is -2.65. The van der Waals surface area contributed by atoms with Crippen LogP contribution in [0.5, 0.6) is 17.6 Å². The zero-order valence-electron chi connectivity index (χ0n) is 14.2. The summed E-state index contributed by atoms with van der Waals surface area (Å²) in [5, 5.41) is 3.34. The summed E-state index contributed by atoms with van der Waals surface area (Å²) in [6, 6.07) is 3.81. The Labute approximate surface area is 146 Å². The first-order valence-corrected chi connectivity index (χ1v) is 7.47. The van der Waals surface area contributed by atoms with Crippen molar-refractivity contribution >= 4 is 0 Å². The summed E-state index contributed by atoms with van der Waals surface area (Å²) in [6.07, 6.45) is -6.33. The lowest BCUT2D eigenvalue weighted by atomic mass is 10.2. The van der Waals surface area contributed by atoms with Gasteiger partial charge in [-0.05, 0) is 25.0 Å². The standard InChI is InChI=1S/C16H16F5N3O2/c1-9-6-12(25-5-4-10(2)15(17)18)22-13(7-9)26-14-8-11(16(19,20)21)23-24(14)3/h6-8H,4-5H2,1-3H3. The van der Waals surface area contributed by atoms with Crippen molar-refractivity contribution in [3.8, 4) is 17.6 Å². The lowest BCUT2D eigenvalue weighted by molar-refractivity contribution is -0.141. The summed E-state index contributed by atoms with van der Waals surface area (Å²) in [6.45, 7) is 2.97. The van der Waals surface area contributed by atoms with Crippen molar-refractivity contribution in [2.45, 2.75) is 26.4 Å².